The van der Waals surface area contributed by atoms with Gasteiger partial charge in [-0.25, -0.2) is 0 Å². The number of rotatable bonds is 4. The molecule has 0 spiro atoms. The van der Waals surface area contributed by atoms with Crippen molar-refractivity contribution < 1.29 is 22.9 Å². The topological polar surface area (TPSA) is 98.3 Å². The average molecular weight is 277 g/mol. The lowest BCUT2D eigenvalue weighted by molar-refractivity contribution is -0.385. The molecule has 0 saturated heterocycles. The first-order valence-electron chi connectivity index (χ1n) is 5.04. The summed E-state index contributed by atoms with van der Waals surface area (Å²) in [5.41, 5.74) is 2.57. The Morgan fingerprint density at radius 2 is 2.05 bits per heavy atom. The fraction of sp³-hybridized carbons (Fsp3) is 0.300. The minimum absolute atomic E-state index is 0.399. The van der Waals surface area contributed by atoms with Crippen LogP contribution in [-0.4, -0.2) is 16.9 Å². The third-order valence-corrected chi connectivity index (χ3v) is 2.32. The highest BCUT2D eigenvalue weighted by molar-refractivity contribution is 5.82. The van der Waals surface area contributed by atoms with Gasteiger partial charge in [0.1, 0.15) is 6.04 Å². The predicted molar refractivity (Wildman–Crippen MR) is 60.4 cm³/mol. The van der Waals surface area contributed by atoms with Crippen molar-refractivity contribution in [1.29, 1.82) is 0 Å². The van der Waals surface area contributed by atoms with Crippen LogP contribution < -0.4 is 11.1 Å². The molecule has 1 amide bonds. The number of benzene rings is 1. The summed E-state index contributed by atoms with van der Waals surface area (Å²) in [5, 5.41) is 12.7. The van der Waals surface area contributed by atoms with Gasteiger partial charge in [0.2, 0.25) is 5.91 Å². The third-order valence-electron chi connectivity index (χ3n) is 2.32. The number of non-ortho nitro benzene ring substituents is 1. The van der Waals surface area contributed by atoms with E-state index in [0.29, 0.717) is 6.07 Å². The molecule has 0 fully saturated rings. The van der Waals surface area contributed by atoms with Crippen molar-refractivity contribution in [2.24, 2.45) is 5.73 Å². The maximum atomic E-state index is 12.8. The van der Waals surface area contributed by atoms with E-state index >= 15 is 0 Å². The number of alkyl halides is 3. The monoisotopic (exact) mass is 277 g/mol. The molecule has 6 nitrogen and oxygen atoms in total. The summed E-state index contributed by atoms with van der Waals surface area (Å²) in [6, 6.07) is 1.16. The predicted octanol–water partition coefficient (Wildman–Crippen LogP) is 1.90. The minimum atomic E-state index is -4.79. The molecule has 3 N–H and O–H groups in total. The Morgan fingerprint density at radius 1 is 1.47 bits per heavy atom. The zero-order valence-electron chi connectivity index (χ0n) is 9.69. The van der Waals surface area contributed by atoms with E-state index in [-0.39, 0.29) is 0 Å². The van der Waals surface area contributed by atoms with Crippen molar-refractivity contribution in [3.63, 3.8) is 0 Å². The zero-order valence-corrected chi connectivity index (χ0v) is 9.69. The SMILES string of the molecule is CC(Nc1ccc([N+](=O)[O-])cc1C(F)(F)F)C(N)=O. The van der Waals surface area contributed by atoms with Crippen LogP contribution in [0.3, 0.4) is 0 Å². The fourth-order valence-corrected chi connectivity index (χ4v) is 1.31. The standard InChI is InChI=1S/C10H10F3N3O3/c1-5(9(14)17)15-8-3-2-6(16(18)19)4-7(8)10(11,12)13/h2-5,15H,1H3,(H2,14,17). The van der Waals surface area contributed by atoms with Crippen LogP contribution >= 0.6 is 0 Å². The van der Waals surface area contributed by atoms with Crippen LogP contribution in [0.2, 0.25) is 0 Å². The van der Waals surface area contributed by atoms with Gasteiger partial charge in [0.15, 0.2) is 0 Å². The maximum Gasteiger partial charge on any atom is 0.418 e. The average Bonchev–Trinajstić information content (AvgIpc) is 2.27. The number of amides is 1. The van der Waals surface area contributed by atoms with E-state index < -0.39 is 40.0 Å². The van der Waals surface area contributed by atoms with Gasteiger partial charge in [-0.1, -0.05) is 0 Å². The van der Waals surface area contributed by atoms with E-state index in [9.17, 15) is 28.1 Å². The Labute approximate surface area is 105 Å². The number of hydrogen-bond donors (Lipinski definition) is 2. The van der Waals surface area contributed by atoms with Gasteiger partial charge in [-0.2, -0.15) is 13.2 Å². The minimum Gasteiger partial charge on any atom is -0.373 e. The smallest absolute Gasteiger partial charge is 0.373 e. The van der Waals surface area contributed by atoms with Gasteiger partial charge in [0.05, 0.1) is 10.5 Å². The summed E-state index contributed by atoms with van der Waals surface area (Å²) in [4.78, 5) is 20.3. The molecule has 0 aliphatic heterocycles. The van der Waals surface area contributed by atoms with Gasteiger partial charge in [-0.05, 0) is 13.0 Å². The zero-order chi connectivity index (χ0) is 14.8. The number of halogens is 3. The second-order valence-corrected chi connectivity index (χ2v) is 3.75. The van der Waals surface area contributed by atoms with Gasteiger partial charge in [0.25, 0.3) is 5.69 Å². The molecule has 0 aliphatic carbocycles. The summed E-state index contributed by atoms with van der Waals surface area (Å²) in [7, 11) is 0. The first-order valence-corrected chi connectivity index (χ1v) is 5.04. The third kappa shape index (κ3) is 3.57. The van der Waals surface area contributed by atoms with Crippen LogP contribution in [0.1, 0.15) is 12.5 Å². The van der Waals surface area contributed by atoms with Gasteiger partial charge >= 0.3 is 6.18 Å². The molecule has 0 radical (unpaired) electrons. The van der Waals surface area contributed by atoms with Crippen molar-refractivity contribution in [2.75, 3.05) is 5.32 Å². The van der Waals surface area contributed by atoms with Gasteiger partial charge in [-0.15, -0.1) is 0 Å². The van der Waals surface area contributed by atoms with E-state index in [1.807, 2.05) is 0 Å². The molecule has 0 bridgehead atoms. The molecule has 9 heteroatoms. The normalized spacial score (nSPS) is 12.8. The van der Waals surface area contributed by atoms with Crippen LogP contribution in [-0.2, 0) is 11.0 Å². The van der Waals surface area contributed by atoms with Crippen LogP contribution in [0.25, 0.3) is 0 Å². The number of carbonyl (C=O) groups is 1. The van der Waals surface area contributed by atoms with E-state index in [1.54, 1.807) is 0 Å². The largest absolute Gasteiger partial charge is 0.418 e. The molecule has 104 valence electrons. The molecule has 19 heavy (non-hydrogen) atoms. The fourth-order valence-electron chi connectivity index (χ4n) is 1.31. The quantitative estimate of drug-likeness (QED) is 0.648. The highest BCUT2D eigenvalue weighted by Gasteiger charge is 2.35. The molecule has 1 aromatic carbocycles. The molecular formula is C10H10F3N3O3. The lowest BCUT2D eigenvalue weighted by Crippen LogP contribution is -2.33. The van der Waals surface area contributed by atoms with Crippen LogP contribution in [0.5, 0.6) is 0 Å². The molecule has 1 rings (SSSR count). The van der Waals surface area contributed by atoms with E-state index in [0.717, 1.165) is 12.1 Å². The number of carbonyl (C=O) groups excluding carboxylic acids is 1. The van der Waals surface area contributed by atoms with Crippen molar-refractivity contribution in [1.82, 2.24) is 0 Å². The van der Waals surface area contributed by atoms with Crippen LogP contribution in [0.15, 0.2) is 18.2 Å². The number of nitrogens with zero attached hydrogens (tertiary/aromatic N) is 1. The Kier molecular flexibility index (Phi) is 3.98. The molecule has 0 saturated carbocycles. The van der Waals surface area contributed by atoms with Crippen LogP contribution in [0.4, 0.5) is 24.5 Å². The van der Waals surface area contributed by atoms with Crippen molar-refractivity contribution >= 4 is 17.3 Å². The number of primary amides is 1. The summed E-state index contributed by atoms with van der Waals surface area (Å²) in [6.07, 6.45) is -4.79. The summed E-state index contributed by atoms with van der Waals surface area (Å²) < 4.78 is 38.3. The van der Waals surface area contributed by atoms with Crippen LogP contribution in [0, 0.1) is 10.1 Å². The number of hydrogen-bond acceptors (Lipinski definition) is 4. The number of nitro groups is 1. The summed E-state index contributed by atoms with van der Waals surface area (Å²) in [6.45, 7) is 1.28. The second-order valence-electron chi connectivity index (χ2n) is 3.75. The van der Waals surface area contributed by atoms with Crippen molar-refractivity contribution in [3.8, 4) is 0 Å². The van der Waals surface area contributed by atoms with E-state index in [1.165, 1.54) is 6.92 Å². The second kappa shape index (κ2) is 5.12. The number of nitrogens with two attached hydrogens (primary N) is 1. The Hall–Kier alpha value is -2.32. The summed E-state index contributed by atoms with van der Waals surface area (Å²) in [5.74, 6) is -0.841. The first-order chi connectivity index (χ1) is 8.62. The highest BCUT2D eigenvalue weighted by atomic mass is 19.4. The highest BCUT2D eigenvalue weighted by Crippen LogP contribution is 2.37. The molecule has 1 unspecified atom stereocenters. The van der Waals surface area contributed by atoms with Gasteiger partial charge in [-0.3, -0.25) is 14.9 Å². The first kappa shape index (κ1) is 14.7. The van der Waals surface area contributed by atoms with Crippen molar-refractivity contribution in [3.05, 3.63) is 33.9 Å². The van der Waals surface area contributed by atoms with E-state index in [2.05, 4.69) is 5.32 Å². The van der Waals surface area contributed by atoms with Gasteiger partial charge in [0, 0.05) is 17.8 Å². The van der Waals surface area contributed by atoms with Crippen molar-refractivity contribution in [2.45, 2.75) is 19.1 Å². The number of anilines is 1. The number of nitro benzene ring substituents is 1. The van der Waals surface area contributed by atoms with E-state index in [4.69, 9.17) is 5.73 Å². The lowest BCUT2D eigenvalue weighted by Gasteiger charge is -2.17. The van der Waals surface area contributed by atoms with Gasteiger partial charge < -0.3 is 11.1 Å². The molecule has 1 aromatic rings. The molecule has 0 heterocycles. The Bertz CT molecular complexity index is 516. The molecule has 0 aromatic heterocycles. The summed E-state index contributed by atoms with van der Waals surface area (Å²) >= 11 is 0. The molecule has 1 atom stereocenters. The lowest BCUT2D eigenvalue weighted by atomic mass is 10.1. The maximum absolute atomic E-state index is 12.8. The Morgan fingerprint density at radius 3 is 2.47 bits per heavy atom. The number of nitrogens with one attached hydrogen (secondary N) is 1. The Balaban J connectivity index is 3.24. The molecular weight excluding hydrogens is 267 g/mol. The molecule has 0 aliphatic rings.